The molecule has 2 N–H and O–H groups in total. The van der Waals surface area contributed by atoms with Crippen LogP contribution in [0.25, 0.3) is 39.5 Å². The van der Waals surface area contributed by atoms with Crippen molar-refractivity contribution < 1.29 is 9.18 Å². The van der Waals surface area contributed by atoms with Gasteiger partial charge in [0.2, 0.25) is 5.91 Å². The van der Waals surface area contributed by atoms with Crippen LogP contribution in [-0.2, 0) is 11.3 Å². The van der Waals surface area contributed by atoms with Crippen LogP contribution in [0.15, 0.2) is 91.6 Å². The minimum Gasteiger partial charge on any atom is -0.383 e. The van der Waals surface area contributed by atoms with Gasteiger partial charge in [0.15, 0.2) is 11.5 Å². The van der Waals surface area contributed by atoms with E-state index in [-0.39, 0.29) is 11.7 Å². The number of hydrogen-bond acceptors (Lipinski definition) is 6. The average Bonchev–Trinajstić information content (AvgIpc) is 3.36. The van der Waals surface area contributed by atoms with Crippen LogP contribution in [-0.4, -0.2) is 61.4 Å². The zero-order valence-corrected chi connectivity index (χ0v) is 21.9. The number of aromatic nitrogens is 4. The van der Waals surface area contributed by atoms with E-state index in [9.17, 15) is 9.18 Å². The summed E-state index contributed by atoms with van der Waals surface area (Å²) in [5, 5.41) is 0. The van der Waals surface area contributed by atoms with Crippen LogP contribution in [0.2, 0.25) is 0 Å². The number of halogens is 1. The summed E-state index contributed by atoms with van der Waals surface area (Å²) in [6, 6.07) is 22.1. The summed E-state index contributed by atoms with van der Waals surface area (Å²) in [5.41, 5.74) is 11.6. The topological polar surface area (TPSA) is 93.2 Å². The van der Waals surface area contributed by atoms with E-state index in [2.05, 4.69) is 28.6 Å². The van der Waals surface area contributed by atoms with Crippen molar-refractivity contribution >= 4 is 22.9 Å². The number of nitrogens with zero attached hydrogens (tertiary/aromatic N) is 6. The summed E-state index contributed by atoms with van der Waals surface area (Å²) < 4.78 is 15.9. The first-order valence-corrected chi connectivity index (χ1v) is 13.1. The van der Waals surface area contributed by atoms with Crippen LogP contribution in [0, 0.1) is 5.82 Å². The molecule has 0 spiro atoms. The molecular formula is C31H28FN7O. The first-order chi connectivity index (χ1) is 19.5. The molecule has 0 radical (unpaired) electrons. The molecule has 1 fully saturated rings. The van der Waals surface area contributed by atoms with Gasteiger partial charge >= 0.3 is 0 Å². The summed E-state index contributed by atoms with van der Waals surface area (Å²) in [5.74, 6) is 0.659. The Morgan fingerprint density at radius 2 is 1.77 bits per heavy atom. The monoisotopic (exact) mass is 533 g/mol. The Kier molecular flexibility index (Phi) is 6.79. The Morgan fingerprint density at radius 3 is 2.50 bits per heavy atom. The van der Waals surface area contributed by atoms with Crippen LogP contribution in [0.5, 0.6) is 0 Å². The molecule has 0 saturated carbocycles. The van der Waals surface area contributed by atoms with Crippen LogP contribution in [0.3, 0.4) is 0 Å². The van der Waals surface area contributed by atoms with E-state index >= 15 is 0 Å². The molecule has 8 nitrogen and oxygen atoms in total. The Morgan fingerprint density at radius 1 is 0.975 bits per heavy atom. The average molecular weight is 534 g/mol. The molecule has 0 unspecified atom stereocenters. The predicted octanol–water partition coefficient (Wildman–Crippen LogP) is 4.70. The molecular weight excluding hydrogens is 505 g/mol. The maximum atomic E-state index is 14.0. The zero-order chi connectivity index (χ0) is 27.6. The molecule has 200 valence electrons. The van der Waals surface area contributed by atoms with Crippen molar-refractivity contribution in [2.24, 2.45) is 0 Å². The lowest BCUT2D eigenvalue weighted by Crippen LogP contribution is -2.47. The van der Waals surface area contributed by atoms with E-state index in [0.29, 0.717) is 52.7 Å². The Bertz CT molecular complexity index is 1710. The molecule has 6 rings (SSSR count). The summed E-state index contributed by atoms with van der Waals surface area (Å²) in [6.45, 7) is 7.37. The van der Waals surface area contributed by atoms with E-state index in [1.54, 1.807) is 12.3 Å². The second-order valence-corrected chi connectivity index (χ2v) is 9.73. The van der Waals surface area contributed by atoms with Gasteiger partial charge in [-0.2, -0.15) is 0 Å². The van der Waals surface area contributed by atoms with Crippen LogP contribution < -0.4 is 5.73 Å². The summed E-state index contributed by atoms with van der Waals surface area (Å²) in [6.07, 6.45) is 3.02. The fraction of sp³-hybridized carbons (Fsp3) is 0.161. The van der Waals surface area contributed by atoms with Crippen LogP contribution in [0.4, 0.5) is 10.2 Å². The molecule has 5 aromatic rings. The summed E-state index contributed by atoms with van der Waals surface area (Å²) >= 11 is 0. The SMILES string of the molecule is C=CC(=O)N1CCN(Cc2ccc(-n3c(-c4cccnc4N)nc4ccc(-c5cccc(F)c5)nc43)cc2)CC1. The van der Waals surface area contributed by atoms with Crippen molar-refractivity contribution in [3.8, 4) is 28.3 Å². The fourth-order valence-corrected chi connectivity index (χ4v) is 5.06. The van der Waals surface area contributed by atoms with Crippen molar-refractivity contribution in [3.05, 3.63) is 103 Å². The quantitative estimate of drug-likeness (QED) is 0.318. The Balaban J connectivity index is 1.36. The Hall–Kier alpha value is -4.89. The number of nitrogens with two attached hydrogens (primary N) is 1. The molecule has 3 aromatic heterocycles. The fourth-order valence-electron chi connectivity index (χ4n) is 5.06. The van der Waals surface area contributed by atoms with Crippen molar-refractivity contribution in [3.63, 3.8) is 0 Å². The number of amides is 1. The van der Waals surface area contributed by atoms with E-state index in [1.807, 2.05) is 51.9 Å². The third-order valence-corrected chi connectivity index (χ3v) is 7.16. The van der Waals surface area contributed by atoms with Crippen molar-refractivity contribution in [1.82, 2.24) is 29.3 Å². The maximum Gasteiger partial charge on any atom is 0.246 e. The molecule has 0 aliphatic carbocycles. The number of pyridine rings is 2. The highest BCUT2D eigenvalue weighted by atomic mass is 19.1. The van der Waals surface area contributed by atoms with Gasteiger partial charge in [-0.05, 0) is 60.2 Å². The van der Waals surface area contributed by atoms with Gasteiger partial charge in [-0.25, -0.2) is 19.3 Å². The number of benzene rings is 2. The molecule has 1 amide bonds. The molecule has 40 heavy (non-hydrogen) atoms. The highest BCUT2D eigenvalue weighted by molar-refractivity contribution is 5.87. The number of imidazole rings is 1. The molecule has 0 atom stereocenters. The number of piperazine rings is 1. The third-order valence-electron chi connectivity index (χ3n) is 7.16. The van der Waals surface area contributed by atoms with E-state index < -0.39 is 0 Å². The Labute approximate surface area is 231 Å². The van der Waals surface area contributed by atoms with E-state index in [0.717, 1.165) is 30.9 Å². The smallest absolute Gasteiger partial charge is 0.246 e. The van der Waals surface area contributed by atoms with Gasteiger partial charge < -0.3 is 10.6 Å². The molecule has 1 aliphatic rings. The number of carbonyl (C=O) groups is 1. The largest absolute Gasteiger partial charge is 0.383 e. The highest BCUT2D eigenvalue weighted by Crippen LogP contribution is 2.32. The zero-order valence-electron chi connectivity index (χ0n) is 21.9. The first kappa shape index (κ1) is 25.4. The predicted molar refractivity (Wildman–Crippen MR) is 154 cm³/mol. The van der Waals surface area contributed by atoms with Gasteiger partial charge in [-0.1, -0.05) is 30.8 Å². The first-order valence-electron chi connectivity index (χ1n) is 13.1. The number of fused-ring (bicyclic) bond motifs is 1. The number of rotatable bonds is 6. The lowest BCUT2D eigenvalue weighted by Gasteiger charge is -2.34. The number of anilines is 1. The minimum atomic E-state index is -0.318. The lowest BCUT2D eigenvalue weighted by molar-refractivity contribution is -0.127. The van der Waals surface area contributed by atoms with Gasteiger partial charge in [0.1, 0.15) is 17.2 Å². The van der Waals surface area contributed by atoms with Crippen molar-refractivity contribution in [2.75, 3.05) is 31.9 Å². The van der Waals surface area contributed by atoms with Gasteiger partial charge in [-0.3, -0.25) is 14.3 Å². The van der Waals surface area contributed by atoms with E-state index in [1.165, 1.54) is 18.2 Å². The molecule has 2 aromatic carbocycles. The molecule has 4 heterocycles. The highest BCUT2D eigenvalue weighted by Gasteiger charge is 2.21. The minimum absolute atomic E-state index is 0.0178. The van der Waals surface area contributed by atoms with Crippen LogP contribution in [0.1, 0.15) is 5.56 Å². The standard InChI is InChI=1S/C31H28FN7O/c1-2-28(40)38-17-15-37(16-18-38)20-21-8-10-24(11-9-21)39-30(25-7-4-14-34-29(25)33)36-27-13-12-26(35-31(27)39)22-5-3-6-23(32)19-22/h2-14,19H,1,15-18,20H2,(H2,33,34). The normalized spacial score (nSPS) is 14.0. The second kappa shape index (κ2) is 10.7. The molecule has 1 saturated heterocycles. The van der Waals surface area contributed by atoms with Gasteiger partial charge in [-0.15, -0.1) is 0 Å². The van der Waals surface area contributed by atoms with Gasteiger partial charge in [0.25, 0.3) is 0 Å². The lowest BCUT2D eigenvalue weighted by atomic mass is 10.1. The number of carbonyl (C=O) groups excluding carboxylic acids is 1. The third kappa shape index (κ3) is 4.94. The second-order valence-electron chi connectivity index (χ2n) is 9.73. The maximum absolute atomic E-state index is 14.0. The van der Waals surface area contributed by atoms with E-state index in [4.69, 9.17) is 15.7 Å². The molecule has 1 aliphatic heterocycles. The number of hydrogen-bond donors (Lipinski definition) is 1. The summed E-state index contributed by atoms with van der Waals surface area (Å²) in [7, 11) is 0. The van der Waals surface area contributed by atoms with Gasteiger partial charge in [0, 0.05) is 50.2 Å². The molecule has 0 bridgehead atoms. The van der Waals surface area contributed by atoms with Crippen molar-refractivity contribution in [2.45, 2.75) is 6.54 Å². The van der Waals surface area contributed by atoms with Crippen molar-refractivity contribution in [1.29, 1.82) is 0 Å². The van der Waals surface area contributed by atoms with Gasteiger partial charge in [0.05, 0.1) is 11.3 Å². The molecule has 9 heteroatoms. The number of nitrogen functional groups attached to an aromatic ring is 1. The summed E-state index contributed by atoms with van der Waals surface area (Å²) in [4.78, 5) is 30.1. The van der Waals surface area contributed by atoms with Crippen LogP contribution >= 0.6 is 0 Å².